The van der Waals surface area contributed by atoms with E-state index in [0.717, 1.165) is 22.3 Å². The molecule has 2 aromatic rings. The number of aliphatic hydroxyl groups excluding tert-OH is 1. The molecule has 0 aliphatic heterocycles. The molecule has 0 spiro atoms. The Labute approximate surface area is 153 Å². The number of ether oxygens (including phenoxy) is 1. The molecule has 2 rings (SSSR count). The summed E-state index contributed by atoms with van der Waals surface area (Å²) >= 11 is 6.54. The van der Waals surface area contributed by atoms with Crippen molar-refractivity contribution in [3.63, 3.8) is 0 Å². The topological polar surface area (TPSA) is 72.3 Å². The molecule has 23 heavy (non-hydrogen) atoms. The molecule has 5 nitrogen and oxygen atoms in total. The van der Waals surface area contributed by atoms with Gasteiger partial charge in [-0.25, -0.2) is 4.79 Å². The van der Waals surface area contributed by atoms with Gasteiger partial charge in [0.05, 0.1) is 30.7 Å². The van der Waals surface area contributed by atoms with E-state index in [-0.39, 0.29) is 20.0 Å². The Morgan fingerprint density at radius 2 is 1.65 bits per heavy atom. The maximum Gasteiger partial charge on any atom is 0.339 e. The van der Waals surface area contributed by atoms with Crippen molar-refractivity contribution >= 4 is 37.8 Å². The minimum absolute atomic E-state index is 0. The number of nitrogens with zero attached hydrogens (tertiary/aromatic N) is 2. The highest BCUT2D eigenvalue weighted by Gasteiger charge is 2.04. The van der Waals surface area contributed by atoms with Crippen LogP contribution < -0.4 is 0 Å². The average molecular weight is 448 g/mol. The van der Waals surface area contributed by atoms with Crippen LogP contribution in [0.15, 0.2) is 36.7 Å². The predicted octanol–water partition coefficient (Wildman–Crippen LogP) is 3.87. The van der Waals surface area contributed by atoms with Gasteiger partial charge in [0.1, 0.15) is 0 Å². The van der Waals surface area contributed by atoms with Gasteiger partial charge in [0.2, 0.25) is 0 Å². The minimum Gasteiger partial charge on any atom is -0.465 e. The van der Waals surface area contributed by atoms with E-state index in [9.17, 15) is 4.79 Å². The largest absolute Gasteiger partial charge is 0.465 e. The molecule has 0 aromatic carbocycles. The summed E-state index contributed by atoms with van der Waals surface area (Å²) < 4.78 is 4.52. The second-order valence-corrected chi connectivity index (χ2v) is 5.23. The Bertz CT molecular complexity index is 552. The van der Waals surface area contributed by atoms with Crippen molar-refractivity contribution in [2.75, 3.05) is 7.11 Å². The third kappa shape index (κ3) is 7.67. The number of halogens is 2. The van der Waals surface area contributed by atoms with Crippen molar-refractivity contribution in [2.45, 2.75) is 24.7 Å². The smallest absolute Gasteiger partial charge is 0.339 e. The quantitative estimate of drug-likeness (QED) is 0.568. The molecule has 126 valence electrons. The van der Waals surface area contributed by atoms with E-state index in [2.05, 4.69) is 46.6 Å². The summed E-state index contributed by atoms with van der Waals surface area (Å²) in [6, 6.07) is 7.22. The van der Waals surface area contributed by atoms with Crippen LogP contribution in [0, 0.1) is 0 Å². The molecule has 7 heteroatoms. The maximum atomic E-state index is 10.9. The first-order valence-electron chi connectivity index (χ1n) is 6.34. The van der Waals surface area contributed by atoms with Crippen LogP contribution in [0.4, 0.5) is 0 Å². The first-order valence-corrected chi connectivity index (χ1v) is 8.58. The number of pyridine rings is 2. The number of carbonyl (C=O) groups is 1. The number of methoxy groups -OCH3 is 1. The average Bonchev–Trinajstić information content (AvgIpc) is 2.61. The Morgan fingerprint density at radius 1 is 1.09 bits per heavy atom. The first-order chi connectivity index (χ1) is 10.6. The lowest BCUT2D eigenvalue weighted by Gasteiger charge is -1.98. The number of alkyl halides is 2. The van der Waals surface area contributed by atoms with Gasteiger partial charge in [0.25, 0.3) is 0 Å². The molecule has 2 aromatic heterocycles. The predicted molar refractivity (Wildman–Crippen MR) is 97.7 cm³/mol. The summed E-state index contributed by atoms with van der Waals surface area (Å²) in [7, 11) is 1.35. The maximum absolute atomic E-state index is 10.9. The molecule has 0 saturated carbocycles. The van der Waals surface area contributed by atoms with Crippen molar-refractivity contribution in [1.82, 2.24) is 9.97 Å². The molecule has 0 aliphatic rings. The molecular formula is C16H20Br2N2O3. The summed E-state index contributed by atoms with van der Waals surface area (Å²) in [4.78, 5) is 19.0. The van der Waals surface area contributed by atoms with Gasteiger partial charge in [-0.15, -0.1) is 0 Å². The highest BCUT2D eigenvalue weighted by atomic mass is 79.9. The van der Waals surface area contributed by atoms with Crippen LogP contribution in [0.1, 0.15) is 34.7 Å². The molecule has 0 bridgehead atoms. The number of hydrogen-bond acceptors (Lipinski definition) is 5. The summed E-state index contributed by atoms with van der Waals surface area (Å²) in [5.74, 6) is -0.358. The van der Waals surface area contributed by atoms with Gasteiger partial charge in [-0.1, -0.05) is 45.4 Å². The van der Waals surface area contributed by atoms with E-state index in [1.165, 1.54) is 13.3 Å². The van der Waals surface area contributed by atoms with Crippen LogP contribution in [0.5, 0.6) is 0 Å². The summed E-state index contributed by atoms with van der Waals surface area (Å²) in [5, 5.41) is 10.1. The summed E-state index contributed by atoms with van der Waals surface area (Å²) in [5.41, 5.74) is 3.20. The zero-order chi connectivity index (χ0) is 16.4. The lowest BCUT2D eigenvalue weighted by Crippen LogP contribution is -2.01. The lowest BCUT2D eigenvalue weighted by atomic mass is 10.2. The Hall–Kier alpha value is -1.31. The van der Waals surface area contributed by atoms with Crippen LogP contribution in [-0.2, 0) is 22.0 Å². The van der Waals surface area contributed by atoms with E-state index in [0.29, 0.717) is 10.9 Å². The molecule has 0 atom stereocenters. The minimum atomic E-state index is -0.358. The molecule has 1 N–H and O–H groups in total. The van der Waals surface area contributed by atoms with Gasteiger partial charge in [-0.2, -0.15) is 0 Å². The highest BCUT2D eigenvalue weighted by molar-refractivity contribution is 9.08. The van der Waals surface area contributed by atoms with Gasteiger partial charge < -0.3 is 9.84 Å². The van der Waals surface area contributed by atoms with Crippen LogP contribution in [0.3, 0.4) is 0 Å². The second kappa shape index (κ2) is 12.2. The third-order valence-electron chi connectivity index (χ3n) is 2.59. The van der Waals surface area contributed by atoms with E-state index < -0.39 is 0 Å². The SMILES string of the molecule is C.COC(=O)c1ccc(CBr)nc1.OCc1ccc(CBr)nc1. The molecule has 2 heterocycles. The number of aromatic nitrogens is 2. The van der Waals surface area contributed by atoms with Gasteiger partial charge >= 0.3 is 5.97 Å². The Kier molecular flexibility index (Phi) is 11.5. The number of rotatable bonds is 4. The molecule has 0 amide bonds. The fourth-order valence-corrected chi connectivity index (χ4v) is 2.03. The van der Waals surface area contributed by atoms with Crippen LogP contribution in [-0.4, -0.2) is 28.2 Å². The number of hydrogen-bond donors (Lipinski definition) is 1. The zero-order valence-electron chi connectivity index (χ0n) is 12.0. The fraction of sp³-hybridized carbons (Fsp3) is 0.312. The highest BCUT2D eigenvalue weighted by Crippen LogP contribution is 2.05. The van der Waals surface area contributed by atoms with E-state index in [1.54, 1.807) is 18.3 Å². The van der Waals surface area contributed by atoms with Crippen molar-refractivity contribution in [3.8, 4) is 0 Å². The Morgan fingerprint density at radius 3 is 2.00 bits per heavy atom. The monoisotopic (exact) mass is 446 g/mol. The van der Waals surface area contributed by atoms with E-state index in [4.69, 9.17) is 5.11 Å². The van der Waals surface area contributed by atoms with Crippen molar-refractivity contribution in [2.24, 2.45) is 0 Å². The van der Waals surface area contributed by atoms with E-state index in [1.807, 2.05) is 12.1 Å². The van der Waals surface area contributed by atoms with Gasteiger partial charge in [-0.3, -0.25) is 9.97 Å². The number of carbonyl (C=O) groups excluding carboxylic acids is 1. The fourth-order valence-electron chi connectivity index (χ4n) is 1.37. The van der Waals surface area contributed by atoms with Crippen molar-refractivity contribution in [3.05, 3.63) is 59.2 Å². The molecule has 0 radical (unpaired) electrons. The van der Waals surface area contributed by atoms with Crippen LogP contribution in [0.25, 0.3) is 0 Å². The molecule has 0 unspecified atom stereocenters. The third-order valence-corrected chi connectivity index (χ3v) is 3.74. The van der Waals surface area contributed by atoms with Crippen molar-refractivity contribution < 1.29 is 14.6 Å². The molecular weight excluding hydrogens is 428 g/mol. The normalized spacial score (nSPS) is 9.22. The lowest BCUT2D eigenvalue weighted by molar-refractivity contribution is 0.0600. The molecule has 0 saturated heterocycles. The van der Waals surface area contributed by atoms with Gasteiger partial charge in [-0.05, 0) is 23.8 Å². The van der Waals surface area contributed by atoms with Crippen LogP contribution in [0.2, 0.25) is 0 Å². The molecule has 0 aliphatic carbocycles. The van der Waals surface area contributed by atoms with Gasteiger partial charge in [0, 0.05) is 23.1 Å². The second-order valence-electron chi connectivity index (χ2n) is 4.11. The van der Waals surface area contributed by atoms with Gasteiger partial charge in [0.15, 0.2) is 0 Å². The zero-order valence-corrected chi connectivity index (χ0v) is 15.2. The standard InChI is InChI=1S/C8H8BrNO2.C7H8BrNO.CH4/c1-12-8(11)6-2-3-7(4-9)10-5-6;8-3-7-2-1-6(5-10)4-9-7;/h2-3,5H,4H2,1H3;1-2,4,10H,3,5H2;1H4. The first kappa shape index (κ1) is 21.7. The van der Waals surface area contributed by atoms with Crippen molar-refractivity contribution in [1.29, 1.82) is 0 Å². The number of aliphatic hydroxyl groups is 1. The summed E-state index contributed by atoms with van der Waals surface area (Å²) in [6.45, 7) is 0.0650. The summed E-state index contributed by atoms with van der Waals surface area (Å²) in [6.07, 6.45) is 3.18. The molecule has 0 fully saturated rings. The van der Waals surface area contributed by atoms with E-state index >= 15 is 0 Å². The Balaban J connectivity index is 0.000000409. The van der Waals surface area contributed by atoms with Crippen LogP contribution >= 0.6 is 31.9 Å². The number of esters is 1.